The maximum atomic E-state index is 13.3. The van der Waals surface area contributed by atoms with E-state index >= 15 is 0 Å². The number of hydrogen-bond acceptors (Lipinski definition) is 6. The number of carbonyl (C=O) groups is 2. The molecule has 1 aromatic carbocycles. The fraction of sp³-hybridized carbons (Fsp3) is 0.440. The number of ether oxygens (including phenoxy) is 1. The van der Waals surface area contributed by atoms with Crippen molar-refractivity contribution in [3.8, 4) is 5.75 Å². The lowest BCUT2D eigenvalue weighted by Crippen LogP contribution is -2.34. The van der Waals surface area contributed by atoms with Gasteiger partial charge in [-0.3, -0.25) is 9.59 Å². The molecule has 1 aliphatic heterocycles. The van der Waals surface area contributed by atoms with Crippen LogP contribution in [0.4, 0.5) is 0 Å². The standard InChI is InChI=1S/C25H32N2O5/c1-5-26(6-2)15-8-16-27-22(18-10-12-19(13-11-18)31-7-3)21(24(29)25(27)30)23(28)20-14-9-17(4)32-20/h9-14,22,29H,5-8,15-16H2,1-4H3/t22-/m0/s1. The van der Waals surface area contributed by atoms with Crippen molar-refractivity contribution in [3.05, 3.63) is 64.8 Å². The highest BCUT2D eigenvalue weighted by atomic mass is 16.5. The molecule has 2 heterocycles. The van der Waals surface area contributed by atoms with Crippen molar-refractivity contribution in [1.82, 2.24) is 9.80 Å². The van der Waals surface area contributed by atoms with Crippen LogP contribution in [-0.4, -0.2) is 59.4 Å². The molecule has 1 aromatic heterocycles. The van der Waals surface area contributed by atoms with E-state index < -0.39 is 23.5 Å². The highest BCUT2D eigenvalue weighted by Crippen LogP contribution is 2.39. The molecule has 0 bridgehead atoms. The van der Waals surface area contributed by atoms with E-state index in [9.17, 15) is 14.7 Å². The Morgan fingerprint density at radius 1 is 1.12 bits per heavy atom. The number of aliphatic hydroxyl groups is 1. The van der Waals surface area contributed by atoms with Gasteiger partial charge in [-0.15, -0.1) is 0 Å². The van der Waals surface area contributed by atoms with Gasteiger partial charge >= 0.3 is 0 Å². The second kappa shape index (κ2) is 10.5. The Morgan fingerprint density at radius 2 is 1.81 bits per heavy atom. The Labute approximate surface area is 189 Å². The third-order valence-corrected chi connectivity index (χ3v) is 5.79. The van der Waals surface area contributed by atoms with Crippen LogP contribution in [-0.2, 0) is 4.79 Å². The van der Waals surface area contributed by atoms with Crippen LogP contribution in [0.15, 0.2) is 52.1 Å². The van der Waals surface area contributed by atoms with Gasteiger partial charge in [-0.2, -0.15) is 0 Å². The number of carbonyl (C=O) groups excluding carboxylic acids is 2. The van der Waals surface area contributed by atoms with E-state index in [0.717, 1.165) is 31.6 Å². The summed E-state index contributed by atoms with van der Waals surface area (Å²) in [6.07, 6.45) is 0.732. The lowest BCUT2D eigenvalue weighted by atomic mass is 9.95. The second-order valence-electron chi connectivity index (χ2n) is 7.79. The van der Waals surface area contributed by atoms with Gasteiger partial charge in [0.05, 0.1) is 18.2 Å². The number of aliphatic hydroxyl groups excluding tert-OH is 1. The first-order valence-electron chi connectivity index (χ1n) is 11.2. The number of Topliss-reactive ketones (excluding diaryl/α,β-unsaturated/α-hetero) is 1. The largest absolute Gasteiger partial charge is 0.503 e. The van der Waals surface area contributed by atoms with E-state index in [0.29, 0.717) is 24.7 Å². The molecule has 1 atom stereocenters. The van der Waals surface area contributed by atoms with Crippen LogP contribution in [0.2, 0.25) is 0 Å². The predicted molar refractivity (Wildman–Crippen MR) is 122 cm³/mol. The Kier molecular flexibility index (Phi) is 7.75. The molecule has 32 heavy (non-hydrogen) atoms. The molecule has 1 N–H and O–H groups in total. The van der Waals surface area contributed by atoms with Crippen molar-refractivity contribution in [2.75, 3.05) is 32.8 Å². The van der Waals surface area contributed by atoms with Gasteiger partial charge in [0, 0.05) is 6.54 Å². The van der Waals surface area contributed by atoms with Gasteiger partial charge < -0.3 is 24.1 Å². The van der Waals surface area contributed by atoms with Crippen molar-refractivity contribution in [1.29, 1.82) is 0 Å². The van der Waals surface area contributed by atoms with E-state index in [1.54, 1.807) is 24.0 Å². The average Bonchev–Trinajstić information content (AvgIpc) is 3.33. The number of rotatable bonds is 11. The Balaban J connectivity index is 1.94. The summed E-state index contributed by atoms with van der Waals surface area (Å²) in [5.41, 5.74) is 0.789. The van der Waals surface area contributed by atoms with Gasteiger partial charge in [0.15, 0.2) is 11.5 Å². The molecular weight excluding hydrogens is 408 g/mol. The van der Waals surface area contributed by atoms with E-state index in [-0.39, 0.29) is 11.3 Å². The van der Waals surface area contributed by atoms with Gasteiger partial charge in [0.1, 0.15) is 11.5 Å². The molecule has 0 unspecified atom stereocenters. The predicted octanol–water partition coefficient (Wildman–Crippen LogP) is 4.30. The Bertz CT molecular complexity index is 972. The highest BCUT2D eigenvalue weighted by Gasteiger charge is 2.44. The lowest BCUT2D eigenvalue weighted by molar-refractivity contribution is -0.129. The maximum Gasteiger partial charge on any atom is 0.290 e. The van der Waals surface area contributed by atoms with Crippen LogP contribution in [0.1, 0.15) is 55.1 Å². The van der Waals surface area contributed by atoms with E-state index in [1.807, 2.05) is 31.2 Å². The van der Waals surface area contributed by atoms with Gasteiger partial charge in [-0.1, -0.05) is 26.0 Å². The smallest absolute Gasteiger partial charge is 0.290 e. The molecule has 0 fully saturated rings. The minimum Gasteiger partial charge on any atom is -0.503 e. The number of nitrogens with zero attached hydrogens (tertiary/aromatic N) is 2. The fourth-order valence-corrected chi connectivity index (χ4v) is 4.07. The van der Waals surface area contributed by atoms with Crippen LogP contribution in [0.25, 0.3) is 0 Å². The molecule has 0 saturated carbocycles. The first kappa shape index (κ1) is 23.6. The average molecular weight is 441 g/mol. The molecule has 7 heteroatoms. The minimum atomic E-state index is -0.687. The first-order valence-corrected chi connectivity index (χ1v) is 11.2. The SMILES string of the molecule is CCOc1ccc([C@H]2C(C(=O)c3ccc(C)o3)=C(O)C(=O)N2CCCN(CC)CC)cc1. The van der Waals surface area contributed by atoms with Crippen LogP contribution in [0.5, 0.6) is 5.75 Å². The molecule has 0 radical (unpaired) electrons. The summed E-state index contributed by atoms with van der Waals surface area (Å²) in [7, 11) is 0. The van der Waals surface area contributed by atoms with Gasteiger partial charge in [-0.25, -0.2) is 0 Å². The molecule has 0 saturated heterocycles. The summed E-state index contributed by atoms with van der Waals surface area (Å²) < 4.78 is 11.0. The molecule has 7 nitrogen and oxygen atoms in total. The zero-order chi connectivity index (χ0) is 23.3. The Morgan fingerprint density at radius 3 is 2.38 bits per heavy atom. The normalized spacial score (nSPS) is 16.3. The monoisotopic (exact) mass is 440 g/mol. The van der Waals surface area contributed by atoms with Gasteiger partial charge in [-0.05, 0) is 69.7 Å². The summed E-state index contributed by atoms with van der Waals surface area (Å²) in [4.78, 5) is 30.1. The topological polar surface area (TPSA) is 83.2 Å². The number of aryl methyl sites for hydroxylation is 1. The summed E-state index contributed by atoms with van der Waals surface area (Å²) in [6.45, 7) is 11.5. The van der Waals surface area contributed by atoms with E-state index in [1.165, 1.54) is 0 Å². The highest BCUT2D eigenvalue weighted by molar-refractivity contribution is 6.15. The van der Waals surface area contributed by atoms with E-state index in [4.69, 9.17) is 9.15 Å². The molecular formula is C25H32N2O5. The summed E-state index contributed by atoms with van der Waals surface area (Å²) in [5.74, 6) is -0.115. The zero-order valence-electron chi connectivity index (χ0n) is 19.3. The number of benzene rings is 1. The maximum absolute atomic E-state index is 13.3. The summed E-state index contributed by atoms with van der Waals surface area (Å²) >= 11 is 0. The van der Waals surface area contributed by atoms with Gasteiger partial charge in [0.2, 0.25) is 5.78 Å². The molecule has 0 spiro atoms. The minimum absolute atomic E-state index is 0.0522. The summed E-state index contributed by atoms with van der Waals surface area (Å²) in [6, 6.07) is 9.86. The third-order valence-electron chi connectivity index (χ3n) is 5.79. The van der Waals surface area contributed by atoms with Crippen molar-refractivity contribution in [2.24, 2.45) is 0 Å². The van der Waals surface area contributed by atoms with Crippen molar-refractivity contribution < 1.29 is 23.8 Å². The second-order valence-corrected chi connectivity index (χ2v) is 7.79. The van der Waals surface area contributed by atoms with Crippen LogP contribution < -0.4 is 4.74 Å². The number of ketones is 1. The van der Waals surface area contributed by atoms with Crippen molar-refractivity contribution in [2.45, 2.75) is 40.2 Å². The molecule has 0 aliphatic carbocycles. The summed E-state index contributed by atoms with van der Waals surface area (Å²) in [5, 5.41) is 10.7. The molecule has 172 valence electrons. The number of hydrogen-bond donors (Lipinski definition) is 1. The van der Waals surface area contributed by atoms with E-state index in [2.05, 4.69) is 18.7 Å². The van der Waals surface area contributed by atoms with Crippen LogP contribution in [0, 0.1) is 6.92 Å². The lowest BCUT2D eigenvalue weighted by Gasteiger charge is -2.28. The quantitative estimate of drug-likeness (QED) is 0.525. The van der Waals surface area contributed by atoms with Crippen LogP contribution in [0.3, 0.4) is 0 Å². The third kappa shape index (κ3) is 4.88. The van der Waals surface area contributed by atoms with Crippen molar-refractivity contribution >= 4 is 11.7 Å². The van der Waals surface area contributed by atoms with Gasteiger partial charge in [0.25, 0.3) is 5.91 Å². The molecule has 1 amide bonds. The number of furan rings is 1. The molecule has 2 aromatic rings. The Hall–Kier alpha value is -3.06. The molecule has 3 rings (SSSR count). The molecule has 1 aliphatic rings. The zero-order valence-corrected chi connectivity index (χ0v) is 19.3. The van der Waals surface area contributed by atoms with Crippen molar-refractivity contribution in [3.63, 3.8) is 0 Å². The van der Waals surface area contributed by atoms with Crippen LogP contribution >= 0.6 is 0 Å². The fourth-order valence-electron chi connectivity index (χ4n) is 4.07. The number of amides is 1. The first-order chi connectivity index (χ1) is 15.4.